The predicted octanol–water partition coefficient (Wildman–Crippen LogP) is 0.0525. The summed E-state index contributed by atoms with van der Waals surface area (Å²) in [7, 11) is 1.23. The molecule has 0 unspecified atom stereocenters. The molecule has 0 aromatic carbocycles. The molecule has 0 aliphatic carbocycles. The second kappa shape index (κ2) is 4.43. The maximum absolute atomic E-state index is 10.4. The van der Waals surface area contributed by atoms with E-state index in [0.717, 1.165) is 0 Å². The lowest BCUT2D eigenvalue weighted by Crippen LogP contribution is -2.16. The van der Waals surface area contributed by atoms with Gasteiger partial charge in [0.15, 0.2) is 5.71 Å². The van der Waals surface area contributed by atoms with Crippen molar-refractivity contribution in [3.8, 4) is 0 Å². The van der Waals surface area contributed by atoms with Gasteiger partial charge in [0.05, 0.1) is 6.42 Å². The van der Waals surface area contributed by atoms with Crippen molar-refractivity contribution in [1.29, 1.82) is 0 Å². The largest absolute Gasteiger partial charge is 0.477 e. The fraction of sp³-hybridized carbons (Fsp3) is 0.500. The summed E-state index contributed by atoms with van der Waals surface area (Å²) >= 11 is 0. The molecule has 0 spiro atoms. The molecule has 0 radical (unpaired) electrons. The van der Waals surface area contributed by atoms with Gasteiger partial charge in [-0.05, 0) is 6.92 Å². The average Bonchev–Trinajstić information content (AvgIpc) is 1.86. The number of oxime groups is 1. The molecule has 0 rings (SSSR count). The standard InChI is InChI=1S/C6H9NO4/c1-4(8)3-5(6(9)10)7-11-2/h3H2,1-2H3,(H,9,10)/b7-5+. The molecule has 11 heavy (non-hydrogen) atoms. The second-order valence-corrected chi connectivity index (χ2v) is 1.90. The first-order valence-electron chi connectivity index (χ1n) is 2.90. The van der Waals surface area contributed by atoms with Crippen molar-refractivity contribution in [1.82, 2.24) is 0 Å². The van der Waals surface area contributed by atoms with Gasteiger partial charge in [0.25, 0.3) is 0 Å². The van der Waals surface area contributed by atoms with E-state index in [0.29, 0.717) is 0 Å². The summed E-state index contributed by atoms with van der Waals surface area (Å²) in [6.45, 7) is 1.29. The first-order valence-corrected chi connectivity index (χ1v) is 2.90. The van der Waals surface area contributed by atoms with Crippen molar-refractivity contribution in [3.63, 3.8) is 0 Å². The van der Waals surface area contributed by atoms with Crippen LogP contribution >= 0.6 is 0 Å². The van der Waals surface area contributed by atoms with Crippen molar-refractivity contribution in [2.45, 2.75) is 13.3 Å². The van der Waals surface area contributed by atoms with Crippen LogP contribution in [0.5, 0.6) is 0 Å². The molecule has 0 amide bonds. The van der Waals surface area contributed by atoms with Crippen LogP contribution in [-0.4, -0.2) is 29.7 Å². The van der Waals surface area contributed by atoms with E-state index < -0.39 is 5.97 Å². The van der Waals surface area contributed by atoms with E-state index in [1.807, 2.05) is 0 Å². The number of aliphatic carboxylic acids is 1. The highest BCUT2D eigenvalue weighted by atomic mass is 16.6. The van der Waals surface area contributed by atoms with Crippen molar-refractivity contribution < 1.29 is 19.5 Å². The van der Waals surface area contributed by atoms with Crippen LogP contribution in [0.2, 0.25) is 0 Å². The van der Waals surface area contributed by atoms with Crippen LogP contribution in [0.1, 0.15) is 13.3 Å². The Morgan fingerprint density at radius 2 is 2.09 bits per heavy atom. The van der Waals surface area contributed by atoms with Crippen molar-refractivity contribution in [2.24, 2.45) is 5.16 Å². The van der Waals surface area contributed by atoms with Gasteiger partial charge in [-0.25, -0.2) is 4.79 Å². The normalized spacial score (nSPS) is 10.9. The summed E-state index contributed by atoms with van der Waals surface area (Å²) in [6.07, 6.45) is -0.205. The SMILES string of the molecule is CO/N=C(\CC(C)=O)C(=O)O. The molecule has 0 saturated heterocycles. The number of Topliss-reactive ketones (excluding diaryl/α,β-unsaturated/α-hetero) is 1. The molecule has 0 bridgehead atoms. The summed E-state index contributed by atoms with van der Waals surface area (Å²) < 4.78 is 0. The van der Waals surface area contributed by atoms with Gasteiger partial charge in [0, 0.05) is 0 Å². The lowest BCUT2D eigenvalue weighted by Gasteiger charge is -1.95. The Morgan fingerprint density at radius 1 is 1.55 bits per heavy atom. The lowest BCUT2D eigenvalue weighted by atomic mass is 10.2. The topological polar surface area (TPSA) is 76.0 Å². The van der Waals surface area contributed by atoms with E-state index in [-0.39, 0.29) is 17.9 Å². The van der Waals surface area contributed by atoms with E-state index in [9.17, 15) is 9.59 Å². The van der Waals surface area contributed by atoms with Crippen LogP contribution < -0.4 is 0 Å². The summed E-state index contributed by atoms with van der Waals surface area (Å²) in [4.78, 5) is 24.9. The number of carboxylic acid groups (broad SMARTS) is 1. The maximum atomic E-state index is 10.4. The summed E-state index contributed by atoms with van der Waals surface area (Å²) in [6, 6.07) is 0. The minimum Gasteiger partial charge on any atom is -0.477 e. The predicted molar refractivity (Wildman–Crippen MR) is 37.4 cm³/mol. The van der Waals surface area contributed by atoms with Crippen LogP contribution in [-0.2, 0) is 14.4 Å². The zero-order chi connectivity index (χ0) is 8.85. The maximum Gasteiger partial charge on any atom is 0.354 e. The van der Waals surface area contributed by atoms with Gasteiger partial charge >= 0.3 is 5.97 Å². The van der Waals surface area contributed by atoms with Gasteiger partial charge in [-0.3, -0.25) is 4.79 Å². The molecule has 0 aromatic heterocycles. The minimum absolute atomic E-state index is 0.205. The monoisotopic (exact) mass is 159 g/mol. The van der Waals surface area contributed by atoms with Crippen molar-refractivity contribution in [3.05, 3.63) is 0 Å². The zero-order valence-electron chi connectivity index (χ0n) is 6.33. The summed E-state index contributed by atoms with van der Waals surface area (Å²) in [5, 5.41) is 11.6. The Balaban J connectivity index is 4.23. The van der Waals surface area contributed by atoms with E-state index in [4.69, 9.17) is 5.11 Å². The number of carbonyl (C=O) groups excluding carboxylic acids is 1. The van der Waals surface area contributed by atoms with Gasteiger partial charge in [-0.2, -0.15) is 0 Å². The third-order valence-corrected chi connectivity index (χ3v) is 0.865. The Kier molecular flexibility index (Phi) is 3.87. The fourth-order valence-electron chi connectivity index (χ4n) is 0.493. The summed E-state index contributed by atoms with van der Waals surface area (Å²) in [5.74, 6) is -1.50. The Labute approximate surface area is 63.6 Å². The molecule has 0 aliphatic rings. The number of hydrogen-bond donors (Lipinski definition) is 1. The molecule has 0 aliphatic heterocycles. The van der Waals surface area contributed by atoms with Crippen LogP contribution in [0.4, 0.5) is 0 Å². The van der Waals surface area contributed by atoms with Gasteiger partial charge < -0.3 is 9.94 Å². The molecule has 0 heterocycles. The van der Waals surface area contributed by atoms with E-state index in [1.165, 1.54) is 14.0 Å². The number of ketones is 1. The number of rotatable bonds is 4. The molecule has 0 atom stereocenters. The van der Waals surface area contributed by atoms with Crippen LogP contribution in [0, 0.1) is 0 Å². The first kappa shape index (κ1) is 9.61. The molecular weight excluding hydrogens is 150 g/mol. The molecule has 1 N–H and O–H groups in total. The number of carboxylic acids is 1. The third kappa shape index (κ3) is 4.07. The van der Waals surface area contributed by atoms with Crippen LogP contribution in [0.25, 0.3) is 0 Å². The number of carbonyl (C=O) groups is 2. The Hall–Kier alpha value is -1.39. The van der Waals surface area contributed by atoms with Crippen LogP contribution in [0.3, 0.4) is 0 Å². The molecular formula is C6H9NO4. The van der Waals surface area contributed by atoms with Gasteiger partial charge in [0.1, 0.15) is 12.9 Å². The van der Waals surface area contributed by atoms with Gasteiger partial charge in [0.2, 0.25) is 0 Å². The Morgan fingerprint density at radius 3 is 2.36 bits per heavy atom. The zero-order valence-corrected chi connectivity index (χ0v) is 6.33. The Bertz CT molecular complexity index is 197. The highest BCUT2D eigenvalue weighted by molar-refractivity contribution is 6.38. The van der Waals surface area contributed by atoms with E-state index in [1.54, 1.807) is 0 Å². The van der Waals surface area contributed by atoms with E-state index in [2.05, 4.69) is 9.99 Å². The molecule has 0 fully saturated rings. The quantitative estimate of drug-likeness (QED) is 0.464. The van der Waals surface area contributed by atoms with E-state index >= 15 is 0 Å². The lowest BCUT2D eigenvalue weighted by molar-refractivity contribution is -0.130. The second-order valence-electron chi connectivity index (χ2n) is 1.90. The van der Waals surface area contributed by atoms with Crippen molar-refractivity contribution >= 4 is 17.5 Å². The fourth-order valence-corrected chi connectivity index (χ4v) is 0.493. The number of hydrogen-bond acceptors (Lipinski definition) is 4. The molecule has 0 saturated carbocycles. The number of nitrogens with zero attached hydrogens (tertiary/aromatic N) is 1. The van der Waals surface area contributed by atoms with Crippen LogP contribution in [0.15, 0.2) is 5.16 Å². The van der Waals surface area contributed by atoms with Gasteiger partial charge in [-0.1, -0.05) is 5.16 Å². The highest BCUT2D eigenvalue weighted by Crippen LogP contribution is 1.89. The molecule has 5 nitrogen and oxygen atoms in total. The summed E-state index contributed by atoms with van der Waals surface area (Å²) in [5.41, 5.74) is -0.278. The molecule has 62 valence electrons. The van der Waals surface area contributed by atoms with Gasteiger partial charge in [-0.15, -0.1) is 0 Å². The average molecular weight is 159 g/mol. The van der Waals surface area contributed by atoms with Crippen molar-refractivity contribution in [2.75, 3.05) is 7.11 Å². The highest BCUT2D eigenvalue weighted by Gasteiger charge is 2.12. The first-order chi connectivity index (χ1) is 5.07. The minimum atomic E-state index is -1.23. The molecule has 5 heteroatoms. The third-order valence-electron chi connectivity index (χ3n) is 0.865. The molecule has 0 aromatic rings. The smallest absolute Gasteiger partial charge is 0.354 e.